The Morgan fingerprint density at radius 1 is 1.00 bits per heavy atom. The van der Waals surface area contributed by atoms with Crippen LogP contribution in [0.1, 0.15) is 24.8 Å². The van der Waals surface area contributed by atoms with Crippen LogP contribution in [0, 0.1) is 0 Å². The Morgan fingerprint density at radius 3 is 2.32 bits per heavy atom. The van der Waals surface area contributed by atoms with Gasteiger partial charge in [0.15, 0.2) is 11.5 Å². The molecule has 2 saturated heterocycles. The van der Waals surface area contributed by atoms with Crippen molar-refractivity contribution >= 4 is 0 Å². The van der Waals surface area contributed by atoms with Gasteiger partial charge >= 0.3 is 0 Å². The number of hydrogen-bond acceptors (Lipinski definition) is 5. The Labute approximate surface area is 166 Å². The lowest BCUT2D eigenvalue weighted by molar-refractivity contribution is -0.150. The van der Waals surface area contributed by atoms with E-state index in [4.69, 9.17) is 14.2 Å². The van der Waals surface area contributed by atoms with Gasteiger partial charge in [-0.2, -0.15) is 0 Å². The molecule has 2 aliphatic rings. The summed E-state index contributed by atoms with van der Waals surface area (Å²) in [6.45, 7) is 2.74. The third kappa shape index (κ3) is 4.32. The predicted octanol–water partition coefficient (Wildman–Crippen LogP) is 3.26. The van der Waals surface area contributed by atoms with Crippen LogP contribution in [0.3, 0.4) is 0 Å². The molecule has 2 aromatic rings. The van der Waals surface area contributed by atoms with Crippen molar-refractivity contribution in [3.8, 4) is 11.5 Å². The minimum atomic E-state index is -0.714. The van der Waals surface area contributed by atoms with Gasteiger partial charge in [0.05, 0.1) is 32.5 Å². The molecule has 2 atom stereocenters. The maximum Gasteiger partial charge on any atom is 0.161 e. The van der Waals surface area contributed by atoms with Crippen molar-refractivity contribution in [2.24, 2.45) is 0 Å². The Kier molecular flexibility index (Phi) is 5.85. The summed E-state index contributed by atoms with van der Waals surface area (Å²) < 4.78 is 17.0. The molecule has 1 N–H and O–H groups in total. The number of nitrogens with zero attached hydrogens (tertiary/aromatic N) is 1. The van der Waals surface area contributed by atoms with Crippen LogP contribution < -0.4 is 9.47 Å². The van der Waals surface area contributed by atoms with Crippen molar-refractivity contribution in [1.29, 1.82) is 0 Å². The largest absolute Gasteiger partial charge is 0.493 e. The fourth-order valence-electron chi connectivity index (χ4n) is 4.49. The van der Waals surface area contributed by atoms with Crippen molar-refractivity contribution in [1.82, 2.24) is 4.90 Å². The first-order valence-electron chi connectivity index (χ1n) is 10.0. The molecular weight excluding hydrogens is 354 g/mol. The van der Waals surface area contributed by atoms with Crippen LogP contribution in [-0.4, -0.2) is 54.6 Å². The zero-order chi connectivity index (χ0) is 19.4. The number of morpholine rings is 1. The van der Waals surface area contributed by atoms with Gasteiger partial charge in [-0.25, -0.2) is 0 Å². The summed E-state index contributed by atoms with van der Waals surface area (Å²) in [6.07, 6.45) is 2.04. The third-order valence-electron chi connectivity index (χ3n) is 5.89. The lowest BCUT2D eigenvalue weighted by atomic mass is 9.79. The molecule has 5 nitrogen and oxygen atoms in total. The maximum atomic E-state index is 11.3. The van der Waals surface area contributed by atoms with Gasteiger partial charge in [0, 0.05) is 25.0 Å². The first kappa shape index (κ1) is 19.2. The Bertz CT molecular complexity index is 752. The molecular formula is C23H29NO4. The highest BCUT2D eigenvalue weighted by Crippen LogP contribution is 2.37. The van der Waals surface area contributed by atoms with Crippen LogP contribution in [0.5, 0.6) is 11.5 Å². The minimum absolute atomic E-state index is 0.240. The Balaban J connectivity index is 1.37. The highest BCUT2D eigenvalue weighted by Gasteiger charge is 2.45. The number of hydrogen-bond donors (Lipinski definition) is 1. The summed E-state index contributed by atoms with van der Waals surface area (Å²) in [5, 5.41) is 11.3. The third-order valence-corrected chi connectivity index (χ3v) is 5.89. The van der Waals surface area contributed by atoms with E-state index in [9.17, 15) is 5.11 Å². The van der Waals surface area contributed by atoms with Crippen molar-refractivity contribution in [3.63, 3.8) is 0 Å². The van der Waals surface area contributed by atoms with Gasteiger partial charge < -0.3 is 19.3 Å². The second kappa shape index (κ2) is 8.52. The molecule has 2 bridgehead atoms. The number of rotatable bonds is 7. The highest BCUT2D eigenvalue weighted by atomic mass is 16.5. The van der Waals surface area contributed by atoms with Gasteiger partial charge in [0.1, 0.15) is 0 Å². The van der Waals surface area contributed by atoms with E-state index in [2.05, 4.69) is 29.2 Å². The molecule has 4 rings (SSSR count). The van der Waals surface area contributed by atoms with E-state index in [1.54, 1.807) is 7.11 Å². The van der Waals surface area contributed by atoms with Crippen molar-refractivity contribution in [2.75, 3.05) is 26.9 Å². The smallest absolute Gasteiger partial charge is 0.161 e. The highest BCUT2D eigenvalue weighted by molar-refractivity contribution is 5.39. The van der Waals surface area contributed by atoms with Crippen molar-refractivity contribution in [3.05, 3.63) is 60.2 Å². The Hall–Kier alpha value is -2.08. The van der Waals surface area contributed by atoms with E-state index in [1.165, 1.54) is 5.56 Å². The first-order valence-corrected chi connectivity index (χ1v) is 10.0. The first-order chi connectivity index (χ1) is 13.7. The molecule has 0 amide bonds. The lowest BCUT2D eigenvalue weighted by Crippen LogP contribution is -2.61. The number of para-hydroxylation sites is 2. The summed E-state index contributed by atoms with van der Waals surface area (Å²) in [7, 11) is 1.64. The number of aliphatic hydroxyl groups is 1. The van der Waals surface area contributed by atoms with Crippen LogP contribution in [0.4, 0.5) is 0 Å². The number of fused-ring (bicyclic) bond motifs is 2. The van der Waals surface area contributed by atoms with E-state index in [0.29, 0.717) is 39.1 Å². The van der Waals surface area contributed by atoms with Gasteiger partial charge in [-0.15, -0.1) is 0 Å². The molecule has 0 aromatic heterocycles. The molecule has 5 heteroatoms. The standard InChI is InChI=1S/C23H29NO4/c1-26-21-9-5-6-10-22(21)28-12-11-23(25)13-19-16-27-17-20(14-23)24(19)15-18-7-3-2-4-8-18/h2-10,19-20,25H,11-17H2,1H3. The zero-order valence-corrected chi connectivity index (χ0v) is 16.4. The quantitative estimate of drug-likeness (QED) is 0.795. The van der Waals surface area contributed by atoms with E-state index in [-0.39, 0.29) is 12.1 Å². The summed E-state index contributed by atoms with van der Waals surface area (Å²) >= 11 is 0. The zero-order valence-electron chi connectivity index (χ0n) is 16.4. The van der Waals surface area contributed by atoms with E-state index in [0.717, 1.165) is 18.0 Å². The van der Waals surface area contributed by atoms with Crippen molar-refractivity contribution in [2.45, 2.75) is 43.5 Å². The molecule has 2 aromatic carbocycles. The van der Waals surface area contributed by atoms with Crippen LogP contribution in [0.15, 0.2) is 54.6 Å². The molecule has 2 fully saturated rings. The summed E-state index contributed by atoms with van der Waals surface area (Å²) in [6, 6.07) is 18.6. The lowest BCUT2D eigenvalue weighted by Gasteiger charge is -2.51. The monoisotopic (exact) mass is 383 g/mol. The SMILES string of the molecule is COc1ccccc1OCCC1(O)CC2COCC(C1)N2Cc1ccccc1. The average Bonchev–Trinajstić information content (AvgIpc) is 2.70. The second-order valence-corrected chi connectivity index (χ2v) is 7.88. The normalized spacial score (nSPS) is 27.4. The molecule has 2 unspecified atom stereocenters. The van der Waals surface area contributed by atoms with Crippen molar-refractivity contribution < 1.29 is 19.3 Å². The Morgan fingerprint density at radius 2 is 1.64 bits per heavy atom. The summed E-state index contributed by atoms with van der Waals surface area (Å²) in [5.74, 6) is 1.44. The van der Waals surface area contributed by atoms with Gasteiger partial charge in [0.2, 0.25) is 0 Å². The van der Waals surface area contributed by atoms with Gasteiger partial charge in [-0.1, -0.05) is 42.5 Å². The van der Waals surface area contributed by atoms with Crippen LogP contribution in [0.2, 0.25) is 0 Å². The summed E-state index contributed by atoms with van der Waals surface area (Å²) in [4.78, 5) is 2.51. The molecule has 28 heavy (non-hydrogen) atoms. The topological polar surface area (TPSA) is 51.2 Å². The predicted molar refractivity (Wildman–Crippen MR) is 108 cm³/mol. The van der Waals surface area contributed by atoms with Crippen LogP contribution in [-0.2, 0) is 11.3 Å². The molecule has 2 aliphatic heterocycles. The number of benzene rings is 2. The number of ether oxygens (including phenoxy) is 3. The second-order valence-electron chi connectivity index (χ2n) is 7.88. The fourth-order valence-corrected chi connectivity index (χ4v) is 4.49. The molecule has 2 heterocycles. The van der Waals surface area contributed by atoms with Crippen LogP contribution >= 0.6 is 0 Å². The van der Waals surface area contributed by atoms with E-state index in [1.807, 2.05) is 30.3 Å². The molecule has 0 spiro atoms. The molecule has 150 valence electrons. The molecule has 0 saturated carbocycles. The van der Waals surface area contributed by atoms with Gasteiger partial charge in [0.25, 0.3) is 0 Å². The van der Waals surface area contributed by atoms with E-state index >= 15 is 0 Å². The van der Waals surface area contributed by atoms with Crippen LogP contribution in [0.25, 0.3) is 0 Å². The summed E-state index contributed by atoms with van der Waals surface area (Å²) in [5.41, 5.74) is 0.596. The van der Waals surface area contributed by atoms with Gasteiger partial charge in [-0.05, 0) is 30.5 Å². The average molecular weight is 383 g/mol. The van der Waals surface area contributed by atoms with E-state index < -0.39 is 5.60 Å². The molecule has 0 radical (unpaired) electrons. The van der Waals surface area contributed by atoms with Gasteiger partial charge in [-0.3, -0.25) is 4.90 Å². The fraction of sp³-hybridized carbons (Fsp3) is 0.478. The number of methoxy groups -OCH3 is 1. The number of piperidine rings is 1. The maximum absolute atomic E-state index is 11.3. The minimum Gasteiger partial charge on any atom is -0.493 e. The molecule has 0 aliphatic carbocycles.